The first-order valence-corrected chi connectivity index (χ1v) is 10.7. The van der Waals surface area contributed by atoms with Crippen LogP contribution < -0.4 is 14.2 Å². The quantitative estimate of drug-likeness (QED) is 0.646. The molecule has 31 heavy (non-hydrogen) atoms. The summed E-state index contributed by atoms with van der Waals surface area (Å²) >= 11 is 0. The van der Waals surface area contributed by atoms with Gasteiger partial charge in [-0.2, -0.15) is 0 Å². The number of fused-ring (bicyclic) bond motifs is 2. The second kappa shape index (κ2) is 7.28. The largest absolute Gasteiger partial charge is 0.497 e. The molecule has 1 unspecified atom stereocenters. The molecule has 1 atom stereocenters. The minimum Gasteiger partial charge on any atom is -0.497 e. The smallest absolute Gasteiger partial charge is 0.231 e. The summed E-state index contributed by atoms with van der Waals surface area (Å²) in [6, 6.07) is 14.4. The Morgan fingerprint density at radius 2 is 1.94 bits per heavy atom. The third-order valence-corrected chi connectivity index (χ3v) is 6.52. The van der Waals surface area contributed by atoms with Gasteiger partial charge in [-0.05, 0) is 48.4 Å². The lowest BCUT2D eigenvalue weighted by atomic mass is 10.0. The minimum absolute atomic E-state index is 0.175. The number of ether oxygens (including phenoxy) is 4. The van der Waals surface area contributed by atoms with Crippen LogP contribution in [0.4, 0.5) is 0 Å². The van der Waals surface area contributed by atoms with Crippen LogP contribution in [0.5, 0.6) is 17.2 Å². The number of hydrogen-bond donors (Lipinski definition) is 0. The molecular weight excluding hydrogens is 394 g/mol. The fraction of sp³-hybridized carbons (Fsp3) is 0.375. The molecule has 0 saturated carbocycles. The Bertz CT molecular complexity index is 1110. The zero-order valence-electron chi connectivity index (χ0n) is 17.5. The zero-order chi connectivity index (χ0) is 20.8. The van der Waals surface area contributed by atoms with Gasteiger partial charge in [-0.15, -0.1) is 0 Å². The Morgan fingerprint density at radius 1 is 1.06 bits per heavy atom. The van der Waals surface area contributed by atoms with Crippen LogP contribution in [0.1, 0.15) is 17.8 Å². The summed E-state index contributed by atoms with van der Waals surface area (Å²) in [5.74, 6) is 3.52. The summed E-state index contributed by atoms with van der Waals surface area (Å²) in [5, 5.41) is 0. The highest BCUT2D eigenvalue weighted by atomic mass is 16.7. The monoisotopic (exact) mass is 419 g/mol. The van der Waals surface area contributed by atoms with Crippen molar-refractivity contribution in [2.75, 3.05) is 27.0 Å². The highest BCUT2D eigenvalue weighted by molar-refractivity contribution is 5.60. The molecule has 7 nitrogen and oxygen atoms in total. The maximum absolute atomic E-state index is 6.39. The summed E-state index contributed by atoms with van der Waals surface area (Å²) in [5.41, 5.74) is 3.34. The minimum atomic E-state index is -0.175. The van der Waals surface area contributed by atoms with Crippen LogP contribution in [-0.4, -0.2) is 47.0 Å². The normalized spacial score (nSPS) is 22.1. The Morgan fingerprint density at radius 3 is 2.81 bits per heavy atom. The van der Waals surface area contributed by atoms with Crippen LogP contribution in [0.25, 0.3) is 11.3 Å². The van der Waals surface area contributed by atoms with Gasteiger partial charge in [0.2, 0.25) is 6.79 Å². The lowest BCUT2D eigenvalue weighted by Gasteiger charge is -2.35. The van der Waals surface area contributed by atoms with E-state index >= 15 is 0 Å². The molecule has 0 aliphatic carbocycles. The molecule has 1 saturated heterocycles. The topological polar surface area (TPSA) is 58.0 Å². The second-order valence-corrected chi connectivity index (χ2v) is 8.49. The van der Waals surface area contributed by atoms with Crippen LogP contribution >= 0.6 is 0 Å². The molecule has 2 aromatic carbocycles. The first-order valence-electron chi connectivity index (χ1n) is 10.7. The number of benzene rings is 2. The number of rotatable bonds is 4. The van der Waals surface area contributed by atoms with Crippen molar-refractivity contribution in [3.8, 4) is 28.5 Å². The van der Waals surface area contributed by atoms with Crippen molar-refractivity contribution >= 4 is 0 Å². The summed E-state index contributed by atoms with van der Waals surface area (Å²) < 4.78 is 25.0. The fourth-order valence-corrected chi connectivity index (χ4v) is 4.86. The Balaban J connectivity index is 1.19. The molecular formula is C24H25N3O4. The molecule has 1 spiro atoms. The van der Waals surface area contributed by atoms with Crippen LogP contribution in [0.15, 0.2) is 48.7 Å². The van der Waals surface area contributed by atoms with E-state index in [-0.39, 0.29) is 5.60 Å². The van der Waals surface area contributed by atoms with Gasteiger partial charge in [-0.25, -0.2) is 4.98 Å². The standard InChI is InChI=1S/C24H25N3O4/c1-28-19-5-3-18(4-6-19)20-11-25-23-13-31-24(15-27(20)23)8-9-26(14-24)12-17-2-7-21-22(10-17)30-16-29-21/h2-7,10-11H,8-9,12-16H2,1H3. The van der Waals surface area contributed by atoms with Crippen LogP contribution in [0.2, 0.25) is 0 Å². The predicted octanol–water partition coefficient (Wildman–Crippen LogP) is 3.46. The molecule has 160 valence electrons. The Hall–Kier alpha value is -3.03. The average Bonchev–Trinajstić information content (AvgIpc) is 3.52. The van der Waals surface area contributed by atoms with Gasteiger partial charge >= 0.3 is 0 Å². The molecule has 0 bridgehead atoms. The molecule has 0 N–H and O–H groups in total. The molecule has 3 aliphatic heterocycles. The van der Waals surface area contributed by atoms with Gasteiger partial charge in [0.25, 0.3) is 0 Å². The van der Waals surface area contributed by atoms with Crippen molar-refractivity contribution in [1.82, 2.24) is 14.5 Å². The van der Waals surface area contributed by atoms with Crippen LogP contribution in [0.3, 0.4) is 0 Å². The van der Waals surface area contributed by atoms with Gasteiger partial charge in [-0.3, -0.25) is 4.90 Å². The lowest BCUT2D eigenvalue weighted by Crippen LogP contribution is -2.44. The van der Waals surface area contributed by atoms with E-state index in [1.54, 1.807) is 7.11 Å². The highest BCUT2D eigenvalue weighted by Crippen LogP contribution is 2.37. The van der Waals surface area contributed by atoms with Crippen molar-refractivity contribution < 1.29 is 18.9 Å². The lowest BCUT2D eigenvalue weighted by molar-refractivity contribution is -0.0821. The van der Waals surface area contributed by atoms with E-state index in [1.807, 2.05) is 24.4 Å². The molecule has 1 fully saturated rings. The number of nitrogens with zero attached hydrogens (tertiary/aromatic N) is 3. The van der Waals surface area contributed by atoms with E-state index in [2.05, 4.69) is 38.7 Å². The summed E-state index contributed by atoms with van der Waals surface area (Å²) in [4.78, 5) is 7.08. The fourth-order valence-electron chi connectivity index (χ4n) is 4.86. The number of hydrogen-bond acceptors (Lipinski definition) is 6. The number of methoxy groups -OCH3 is 1. The zero-order valence-corrected chi connectivity index (χ0v) is 17.5. The van der Waals surface area contributed by atoms with E-state index in [9.17, 15) is 0 Å². The molecule has 3 aromatic rings. The van der Waals surface area contributed by atoms with Crippen molar-refractivity contribution in [1.29, 1.82) is 0 Å². The number of likely N-dealkylation sites (tertiary alicyclic amines) is 1. The Labute approximate surface area is 181 Å². The molecule has 4 heterocycles. The third-order valence-electron chi connectivity index (χ3n) is 6.52. The number of imidazole rings is 1. The maximum Gasteiger partial charge on any atom is 0.231 e. The van der Waals surface area contributed by atoms with Crippen molar-refractivity contribution in [2.24, 2.45) is 0 Å². The van der Waals surface area contributed by atoms with E-state index in [4.69, 9.17) is 18.9 Å². The molecule has 6 rings (SSSR count). The molecule has 0 radical (unpaired) electrons. The first kappa shape index (κ1) is 18.7. The van der Waals surface area contributed by atoms with Gasteiger partial charge in [0.15, 0.2) is 11.5 Å². The molecule has 3 aliphatic rings. The molecule has 0 amide bonds. The van der Waals surface area contributed by atoms with Crippen molar-refractivity contribution in [3.05, 3.63) is 60.0 Å². The van der Waals surface area contributed by atoms with Gasteiger partial charge < -0.3 is 23.5 Å². The van der Waals surface area contributed by atoms with E-state index < -0.39 is 0 Å². The van der Waals surface area contributed by atoms with Crippen LogP contribution in [0, 0.1) is 0 Å². The van der Waals surface area contributed by atoms with Crippen molar-refractivity contribution in [3.63, 3.8) is 0 Å². The van der Waals surface area contributed by atoms with E-state index in [0.29, 0.717) is 13.4 Å². The highest BCUT2D eigenvalue weighted by Gasteiger charge is 2.43. The molecule has 7 heteroatoms. The summed E-state index contributed by atoms with van der Waals surface area (Å²) in [6.45, 7) is 4.47. The van der Waals surface area contributed by atoms with Crippen LogP contribution in [-0.2, 0) is 24.4 Å². The summed E-state index contributed by atoms with van der Waals surface area (Å²) in [6.07, 6.45) is 2.97. The van der Waals surface area contributed by atoms with Crippen molar-refractivity contribution in [2.45, 2.75) is 31.7 Å². The Kier molecular flexibility index (Phi) is 4.40. The maximum atomic E-state index is 6.39. The van der Waals surface area contributed by atoms with E-state index in [0.717, 1.165) is 66.9 Å². The predicted molar refractivity (Wildman–Crippen MR) is 114 cm³/mol. The van der Waals surface area contributed by atoms with E-state index in [1.165, 1.54) is 5.56 Å². The van der Waals surface area contributed by atoms with Gasteiger partial charge in [0, 0.05) is 25.2 Å². The third kappa shape index (κ3) is 3.34. The number of aromatic nitrogens is 2. The molecule has 1 aromatic heterocycles. The average molecular weight is 419 g/mol. The van der Waals surface area contributed by atoms with Gasteiger partial charge in [0.1, 0.15) is 23.8 Å². The second-order valence-electron chi connectivity index (χ2n) is 8.49. The summed E-state index contributed by atoms with van der Waals surface area (Å²) in [7, 11) is 1.69. The first-order chi connectivity index (χ1) is 15.2. The SMILES string of the molecule is COc1ccc(-c2cnc3n2CC2(CCN(Cc4ccc5c(c4)OCO5)C2)OC3)cc1. The van der Waals surface area contributed by atoms with Gasteiger partial charge in [-0.1, -0.05) is 6.07 Å². The van der Waals surface area contributed by atoms with Gasteiger partial charge in [0.05, 0.1) is 25.5 Å².